The van der Waals surface area contributed by atoms with Gasteiger partial charge in [0.05, 0.1) is 5.02 Å². The molecule has 0 unspecified atom stereocenters. The normalized spacial score (nSPS) is 11.1. The number of hydrogen-bond donors (Lipinski definition) is 0. The molecule has 0 N–H and O–H groups in total. The summed E-state index contributed by atoms with van der Waals surface area (Å²) in [4.78, 5) is 0. The van der Waals surface area contributed by atoms with E-state index in [2.05, 4.69) is 12.7 Å². The maximum atomic E-state index is 6.09. The summed E-state index contributed by atoms with van der Waals surface area (Å²) in [5.74, 6) is 0.674. The lowest BCUT2D eigenvalue weighted by Gasteiger charge is -2.22. The lowest BCUT2D eigenvalue weighted by Crippen LogP contribution is -2.23. The van der Waals surface area contributed by atoms with E-state index >= 15 is 0 Å². The number of halogens is 1. The summed E-state index contributed by atoms with van der Waals surface area (Å²) in [6.45, 7) is 9.50. The quantitative estimate of drug-likeness (QED) is 0.719. The summed E-state index contributed by atoms with van der Waals surface area (Å²) < 4.78 is 5.68. The molecular formula is C12H14ClO. The van der Waals surface area contributed by atoms with Crippen molar-refractivity contribution in [2.24, 2.45) is 0 Å². The molecule has 14 heavy (non-hydrogen) atoms. The molecule has 0 spiro atoms. The Morgan fingerprint density at radius 1 is 1.36 bits per heavy atom. The Morgan fingerprint density at radius 2 is 2.00 bits per heavy atom. The van der Waals surface area contributed by atoms with Gasteiger partial charge < -0.3 is 4.74 Å². The Kier molecular flexibility index (Phi) is 3.22. The fraction of sp³-hybridized carbons (Fsp3) is 0.333. The topological polar surface area (TPSA) is 9.23 Å². The van der Waals surface area contributed by atoms with Crippen LogP contribution in [0.25, 0.3) is 0 Å². The summed E-state index contributed by atoms with van der Waals surface area (Å²) in [5.41, 5.74) is 0.525. The van der Waals surface area contributed by atoms with Crippen molar-refractivity contribution >= 4 is 11.6 Å². The van der Waals surface area contributed by atoms with Gasteiger partial charge in [0.1, 0.15) is 11.4 Å². The second-order valence-corrected chi connectivity index (χ2v) is 4.39. The van der Waals surface area contributed by atoms with E-state index < -0.39 is 0 Å². The Labute approximate surface area is 90.3 Å². The van der Waals surface area contributed by atoms with Gasteiger partial charge in [-0.1, -0.05) is 30.3 Å². The van der Waals surface area contributed by atoms with Crippen molar-refractivity contribution in [2.45, 2.75) is 26.4 Å². The smallest absolute Gasteiger partial charge is 0.139 e. The molecule has 75 valence electrons. The summed E-state index contributed by atoms with van der Waals surface area (Å²) >= 11 is 6.09. The molecule has 0 bridgehead atoms. The SMILES string of the molecule is C=[C]c1cccc(OC(C)(C)C)c1Cl. The maximum Gasteiger partial charge on any atom is 0.139 e. The Bertz CT molecular complexity index is 337. The molecule has 0 saturated heterocycles. The van der Waals surface area contributed by atoms with Crippen LogP contribution in [0.15, 0.2) is 24.8 Å². The highest BCUT2D eigenvalue weighted by molar-refractivity contribution is 6.33. The molecule has 1 radical (unpaired) electrons. The van der Waals surface area contributed by atoms with Gasteiger partial charge in [-0.15, -0.1) is 0 Å². The minimum Gasteiger partial charge on any atom is -0.487 e. The molecule has 0 aromatic heterocycles. The predicted octanol–water partition coefficient (Wildman–Crippen LogP) is 3.85. The van der Waals surface area contributed by atoms with Crippen molar-refractivity contribution < 1.29 is 4.74 Å². The zero-order valence-corrected chi connectivity index (χ0v) is 9.48. The van der Waals surface area contributed by atoms with Crippen LogP contribution in [0.4, 0.5) is 0 Å². The van der Waals surface area contributed by atoms with E-state index in [1.807, 2.05) is 39.0 Å². The molecular weight excluding hydrogens is 196 g/mol. The number of benzene rings is 1. The van der Waals surface area contributed by atoms with Crippen LogP contribution in [-0.4, -0.2) is 5.60 Å². The van der Waals surface area contributed by atoms with Gasteiger partial charge in [-0.25, -0.2) is 0 Å². The zero-order chi connectivity index (χ0) is 10.8. The van der Waals surface area contributed by atoms with Crippen LogP contribution in [0.3, 0.4) is 0 Å². The molecule has 2 heteroatoms. The summed E-state index contributed by atoms with van der Waals surface area (Å²) in [6, 6.07) is 5.57. The fourth-order valence-electron chi connectivity index (χ4n) is 1.06. The average molecular weight is 210 g/mol. The van der Waals surface area contributed by atoms with Gasteiger partial charge in [0, 0.05) is 5.56 Å². The molecule has 0 aliphatic carbocycles. The van der Waals surface area contributed by atoms with Gasteiger partial charge in [-0.2, -0.15) is 0 Å². The van der Waals surface area contributed by atoms with E-state index in [1.165, 1.54) is 0 Å². The Hall–Kier alpha value is -0.950. The monoisotopic (exact) mass is 209 g/mol. The van der Waals surface area contributed by atoms with E-state index in [4.69, 9.17) is 16.3 Å². The molecule has 0 fully saturated rings. The van der Waals surface area contributed by atoms with Crippen LogP contribution in [0.1, 0.15) is 26.3 Å². The lowest BCUT2D eigenvalue weighted by atomic mass is 10.1. The highest BCUT2D eigenvalue weighted by atomic mass is 35.5. The van der Waals surface area contributed by atoms with Crippen molar-refractivity contribution in [3.05, 3.63) is 41.4 Å². The van der Waals surface area contributed by atoms with Gasteiger partial charge in [0.25, 0.3) is 0 Å². The van der Waals surface area contributed by atoms with E-state index in [-0.39, 0.29) is 5.60 Å². The number of hydrogen-bond acceptors (Lipinski definition) is 1. The predicted molar refractivity (Wildman–Crippen MR) is 59.8 cm³/mol. The molecule has 0 amide bonds. The molecule has 1 aromatic carbocycles. The standard InChI is InChI=1S/C12H14ClO/c1-5-9-7-6-8-10(11(9)13)14-12(2,3)4/h6-8H,1H2,2-4H3. The Balaban J connectivity index is 3.04. The molecule has 0 aliphatic heterocycles. The molecule has 1 rings (SSSR count). The molecule has 0 aliphatic rings. The van der Waals surface area contributed by atoms with Gasteiger partial charge in [0.2, 0.25) is 0 Å². The van der Waals surface area contributed by atoms with Crippen molar-refractivity contribution in [3.8, 4) is 5.75 Å². The van der Waals surface area contributed by atoms with Crippen molar-refractivity contribution in [1.82, 2.24) is 0 Å². The van der Waals surface area contributed by atoms with Gasteiger partial charge in [-0.05, 0) is 32.9 Å². The first-order valence-corrected chi connectivity index (χ1v) is 4.82. The number of ether oxygens (including phenoxy) is 1. The average Bonchev–Trinajstić information content (AvgIpc) is 2.06. The fourth-order valence-corrected chi connectivity index (χ4v) is 1.29. The van der Waals surface area contributed by atoms with Crippen LogP contribution in [-0.2, 0) is 0 Å². The third-order valence-corrected chi connectivity index (χ3v) is 1.96. The van der Waals surface area contributed by atoms with Crippen molar-refractivity contribution in [3.63, 3.8) is 0 Å². The highest BCUT2D eigenvalue weighted by Crippen LogP contribution is 2.30. The van der Waals surface area contributed by atoms with Crippen LogP contribution >= 0.6 is 11.6 Å². The van der Waals surface area contributed by atoms with E-state index in [1.54, 1.807) is 0 Å². The van der Waals surface area contributed by atoms with Crippen molar-refractivity contribution in [2.75, 3.05) is 0 Å². The minimum absolute atomic E-state index is 0.247. The third-order valence-electron chi connectivity index (χ3n) is 1.57. The lowest BCUT2D eigenvalue weighted by molar-refractivity contribution is 0.131. The van der Waals surface area contributed by atoms with Crippen LogP contribution in [0.5, 0.6) is 5.75 Å². The van der Waals surface area contributed by atoms with Crippen LogP contribution in [0.2, 0.25) is 5.02 Å². The van der Waals surface area contributed by atoms with E-state index in [0.717, 1.165) is 5.56 Å². The van der Waals surface area contributed by atoms with Gasteiger partial charge in [-0.3, -0.25) is 0 Å². The van der Waals surface area contributed by atoms with Crippen molar-refractivity contribution in [1.29, 1.82) is 0 Å². The summed E-state index contributed by atoms with van der Waals surface area (Å²) in [5, 5.41) is 0.567. The third kappa shape index (κ3) is 2.78. The van der Waals surface area contributed by atoms with Gasteiger partial charge in [0.15, 0.2) is 0 Å². The summed E-state index contributed by atoms with van der Waals surface area (Å²) in [7, 11) is 0. The second-order valence-electron chi connectivity index (χ2n) is 4.01. The molecule has 0 atom stereocenters. The molecule has 0 heterocycles. The minimum atomic E-state index is -0.247. The first-order valence-electron chi connectivity index (χ1n) is 4.44. The zero-order valence-electron chi connectivity index (χ0n) is 8.73. The largest absolute Gasteiger partial charge is 0.487 e. The first-order chi connectivity index (χ1) is 6.44. The van der Waals surface area contributed by atoms with E-state index in [9.17, 15) is 0 Å². The highest BCUT2D eigenvalue weighted by Gasteiger charge is 2.14. The second kappa shape index (κ2) is 4.05. The number of rotatable bonds is 2. The molecule has 1 nitrogen and oxygen atoms in total. The van der Waals surface area contributed by atoms with Gasteiger partial charge >= 0.3 is 0 Å². The van der Waals surface area contributed by atoms with Crippen LogP contribution in [0, 0.1) is 6.08 Å². The van der Waals surface area contributed by atoms with E-state index in [0.29, 0.717) is 10.8 Å². The van der Waals surface area contributed by atoms with Crippen LogP contribution < -0.4 is 4.74 Å². The first kappa shape index (κ1) is 11.1. The molecule has 1 aromatic rings. The molecule has 0 saturated carbocycles. The Morgan fingerprint density at radius 3 is 2.50 bits per heavy atom. The summed E-state index contributed by atoms with van der Waals surface area (Å²) in [6.07, 6.45) is 2.76. The maximum absolute atomic E-state index is 6.09.